The molecule has 2 atom stereocenters. The van der Waals surface area contributed by atoms with Gasteiger partial charge in [0.05, 0.1) is 34.4 Å². The SMILES string of the molecule is CC/C=C\C/C=C\C/C=C\CCCCCCCCCC(=O)OC(COC(=O)CCCCCCCCCCCCCCCCCCCCCCCCC/C=C\CCCCCCCCCC)COC(OCC[N+](C)(C)C)C(=O)O. The van der Waals surface area contributed by atoms with E-state index in [-0.39, 0.29) is 32.2 Å². The van der Waals surface area contributed by atoms with Crippen molar-refractivity contribution >= 4 is 17.9 Å². The van der Waals surface area contributed by atoms with Gasteiger partial charge in [0, 0.05) is 12.8 Å². The van der Waals surface area contributed by atoms with Crippen molar-refractivity contribution in [2.45, 2.75) is 322 Å². The zero-order valence-corrected chi connectivity index (χ0v) is 51.4. The molecule has 2 unspecified atom stereocenters. The van der Waals surface area contributed by atoms with Gasteiger partial charge in [0.2, 0.25) is 0 Å². The molecule has 0 aromatic carbocycles. The molecule has 0 rings (SSSR count). The fourth-order valence-electron chi connectivity index (χ4n) is 9.56. The largest absolute Gasteiger partial charge is 0.477 e. The number of carbonyl (C=O) groups is 3. The second-order valence-corrected chi connectivity index (χ2v) is 23.4. The minimum absolute atomic E-state index is 0.184. The standard InChI is InChI=1S/C68H125NO8/c1-6-8-10-12-14-16-18-20-22-24-25-26-27-28-29-30-31-32-33-34-35-36-37-38-39-40-41-43-44-46-48-50-52-54-56-58-65(70)75-62-64(63-76-68(67(72)73)74-61-60-69(3,4)5)77-66(71)59-57-55-53-51-49-47-45-42-23-21-19-17-15-13-11-9-7-2/h9,11,15,17,21,23-25,64,68H,6-8,10,12-14,16,18-20,22,26-63H2,1-5H3/p+1/b11-9-,17-15-,23-21-,25-24-. The number of allylic oxidation sites excluding steroid dienone is 8. The van der Waals surface area contributed by atoms with Crippen molar-refractivity contribution in [3.05, 3.63) is 48.6 Å². The summed E-state index contributed by atoms with van der Waals surface area (Å²) in [4.78, 5) is 37.5. The van der Waals surface area contributed by atoms with E-state index >= 15 is 0 Å². The summed E-state index contributed by atoms with van der Waals surface area (Å²) in [6, 6.07) is 0. The van der Waals surface area contributed by atoms with E-state index in [1.54, 1.807) is 0 Å². The van der Waals surface area contributed by atoms with E-state index in [1.165, 1.54) is 212 Å². The molecule has 0 saturated heterocycles. The number of unbranched alkanes of at least 4 members (excludes halogenated alkanes) is 38. The maximum Gasteiger partial charge on any atom is 0.361 e. The van der Waals surface area contributed by atoms with Crippen LogP contribution in [0, 0.1) is 0 Å². The molecule has 9 heteroatoms. The zero-order chi connectivity index (χ0) is 56.2. The third-order valence-electron chi connectivity index (χ3n) is 14.6. The van der Waals surface area contributed by atoms with Gasteiger partial charge in [-0.1, -0.05) is 274 Å². The van der Waals surface area contributed by atoms with Gasteiger partial charge in [-0.2, -0.15) is 0 Å². The second-order valence-electron chi connectivity index (χ2n) is 23.4. The highest BCUT2D eigenvalue weighted by atomic mass is 16.7. The maximum absolute atomic E-state index is 12.9. The molecule has 0 spiro atoms. The van der Waals surface area contributed by atoms with Crippen molar-refractivity contribution in [3.63, 3.8) is 0 Å². The number of rotatable bonds is 61. The van der Waals surface area contributed by atoms with Crippen LogP contribution in [0.2, 0.25) is 0 Å². The Labute approximate surface area is 476 Å². The molecule has 77 heavy (non-hydrogen) atoms. The molecule has 0 aromatic rings. The van der Waals surface area contributed by atoms with E-state index in [4.69, 9.17) is 18.9 Å². The van der Waals surface area contributed by atoms with Gasteiger partial charge in [0.1, 0.15) is 13.2 Å². The molecule has 0 aliphatic rings. The molecular weight excluding hydrogens is 959 g/mol. The minimum atomic E-state index is -1.51. The van der Waals surface area contributed by atoms with Gasteiger partial charge < -0.3 is 28.5 Å². The number of nitrogens with zero attached hydrogens (tertiary/aromatic N) is 1. The maximum atomic E-state index is 12.9. The lowest BCUT2D eigenvalue weighted by atomic mass is 10.0. The number of carbonyl (C=O) groups excluding carboxylic acids is 2. The van der Waals surface area contributed by atoms with Gasteiger partial charge in [-0.25, -0.2) is 4.79 Å². The molecule has 0 heterocycles. The van der Waals surface area contributed by atoms with Crippen LogP contribution in [0.3, 0.4) is 0 Å². The Hall–Kier alpha value is -2.75. The van der Waals surface area contributed by atoms with Gasteiger partial charge >= 0.3 is 17.9 Å². The molecule has 9 nitrogen and oxygen atoms in total. The van der Waals surface area contributed by atoms with Crippen LogP contribution in [0.1, 0.15) is 309 Å². The summed E-state index contributed by atoms with van der Waals surface area (Å²) >= 11 is 0. The Morgan fingerprint density at radius 1 is 0.403 bits per heavy atom. The van der Waals surface area contributed by atoms with Crippen LogP contribution >= 0.6 is 0 Å². The van der Waals surface area contributed by atoms with Crippen molar-refractivity contribution in [3.8, 4) is 0 Å². The molecular formula is C68H126NO8+. The van der Waals surface area contributed by atoms with Gasteiger partial charge in [-0.15, -0.1) is 0 Å². The highest BCUT2D eigenvalue weighted by Gasteiger charge is 2.25. The van der Waals surface area contributed by atoms with Crippen molar-refractivity contribution < 1.29 is 42.9 Å². The van der Waals surface area contributed by atoms with Crippen LogP contribution in [0.25, 0.3) is 0 Å². The number of carboxylic acid groups (broad SMARTS) is 1. The first-order valence-electron chi connectivity index (χ1n) is 32.8. The highest BCUT2D eigenvalue weighted by molar-refractivity contribution is 5.71. The number of aliphatic carboxylic acids is 1. The summed E-state index contributed by atoms with van der Waals surface area (Å²) in [5.41, 5.74) is 0. The first-order valence-corrected chi connectivity index (χ1v) is 32.8. The van der Waals surface area contributed by atoms with E-state index in [0.29, 0.717) is 23.9 Å². The Morgan fingerprint density at radius 2 is 0.740 bits per heavy atom. The fraction of sp³-hybridized carbons (Fsp3) is 0.838. The number of quaternary nitrogens is 1. The molecule has 1 N–H and O–H groups in total. The third kappa shape index (κ3) is 60.7. The normalized spacial score (nSPS) is 13.0. The molecule has 0 bridgehead atoms. The van der Waals surface area contributed by atoms with E-state index in [1.807, 2.05) is 21.1 Å². The summed E-state index contributed by atoms with van der Waals surface area (Å²) in [7, 11) is 5.97. The van der Waals surface area contributed by atoms with E-state index in [9.17, 15) is 19.5 Å². The average molecular weight is 1090 g/mol. The fourth-order valence-corrected chi connectivity index (χ4v) is 9.56. The molecule has 0 amide bonds. The smallest absolute Gasteiger partial charge is 0.361 e. The molecule has 0 fully saturated rings. The summed E-state index contributed by atoms with van der Waals surface area (Å²) in [5.74, 6) is -2.00. The van der Waals surface area contributed by atoms with E-state index < -0.39 is 24.3 Å². The molecule has 0 aromatic heterocycles. The van der Waals surface area contributed by atoms with Crippen molar-refractivity contribution in [2.24, 2.45) is 0 Å². The molecule has 0 radical (unpaired) electrons. The lowest BCUT2D eigenvalue weighted by molar-refractivity contribution is -0.870. The molecule has 450 valence electrons. The Bertz CT molecular complexity index is 1400. The first kappa shape index (κ1) is 74.2. The lowest BCUT2D eigenvalue weighted by Gasteiger charge is -2.25. The van der Waals surface area contributed by atoms with Crippen molar-refractivity contribution in [1.82, 2.24) is 0 Å². The number of carboxylic acids is 1. The Balaban J connectivity index is 4.00. The second kappa shape index (κ2) is 59.4. The van der Waals surface area contributed by atoms with Gasteiger partial charge in [-0.05, 0) is 70.6 Å². The molecule has 0 aliphatic heterocycles. The predicted molar refractivity (Wildman–Crippen MR) is 327 cm³/mol. The molecule has 0 saturated carbocycles. The van der Waals surface area contributed by atoms with Crippen molar-refractivity contribution in [1.29, 1.82) is 0 Å². The minimum Gasteiger partial charge on any atom is -0.477 e. The van der Waals surface area contributed by atoms with Crippen LogP contribution in [-0.2, 0) is 33.3 Å². The number of ether oxygens (including phenoxy) is 4. The average Bonchev–Trinajstić information content (AvgIpc) is 3.40. The van der Waals surface area contributed by atoms with Crippen molar-refractivity contribution in [2.75, 3.05) is 47.5 Å². The number of esters is 2. The summed E-state index contributed by atoms with van der Waals surface area (Å²) < 4.78 is 22.9. The summed E-state index contributed by atoms with van der Waals surface area (Å²) in [5, 5.41) is 9.71. The first-order chi connectivity index (χ1) is 37.6. The van der Waals surface area contributed by atoms with E-state index in [2.05, 4.69) is 62.5 Å². The summed E-state index contributed by atoms with van der Waals surface area (Å²) in [6.45, 7) is 4.79. The van der Waals surface area contributed by atoms with Crippen LogP contribution < -0.4 is 0 Å². The van der Waals surface area contributed by atoms with Crippen LogP contribution in [-0.4, -0.2) is 87.4 Å². The number of hydrogen-bond acceptors (Lipinski definition) is 7. The van der Waals surface area contributed by atoms with E-state index in [0.717, 1.165) is 64.2 Å². The van der Waals surface area contributed by atoms with Crippen LogP contribution in [0.15, 0.2) is 48.6 Å². The lowest BCUT2D eigenvalue weighted by Crippen LogP contribution is -2.40. The number of hydrogen-bond donors (Lipinski definition) is 1. The predicted octanol–water partition coefficient (Wildman–Crippen LogP) is 19.8. The van der Waals surface area contributed by atoms with Gasteiger partial charge in [0.25, 0.3) is 6.29 Å². The topological polar surface area (TPSA) is 108 Å². The van der Waals surface area contributed by atoms with Crippen LogP contribution in [0.4, 0.5) is 0 Å². The Morgan fingerprint density at radius 3 is 1.12 bits per heavy atom. The van der Waals surface area contributed by atoms with Crippen LogP contribution in [0.5, 0.6) is 0 Å². The third-order valence-corrected chi connectivity index (χ3v) is 14.6. The highest BCUT2D eigenvalue weighted by Crippen LogP contribution is 2.18. The zero-order valence-electron chi connectivity index (χ0n) is 51.4. The quantitative estimate of drug-likeness (QED) is 0.0211. The summed E-state index contributed by atoms with van der Waals surface area (Å²) in [6.07, 6.45) is 72.3. The number of likely N-dealkylation sites (N-methyl/N-ethyl adjacent to an activating group) is 1. The van der Waals surface area contributed by atoms with Gasteiger partial charge in [0.15, 0.2) is 6.10 Å². The van der Waals surface area contributed by atoms with Gasteiger partial charge in [-0.3, -0.25) is 9.59 Å². The molecule has 0 aliphatic carbocycles. The monoisotopic (exact) mass is 1080 g/mol. The Kier molecular flexibility index (Phi) is 57.3.